The number of esters is 2. The number of hydrogen-bond acceptors (Lipinski definition) is 4. The minimum Gasteiger partial charge on any atom is -0.463 e. The third kappa shape index (κ3) is 14.9. The van der Waals surface area contributed by atoms with Crippen LogP contribution in [0.3, 0.4) is 0 Å². The Labute approximate surface area is 128 Å². The molecule has 4 heteroatoms. The average molecular weight is 298 g/mol. The fraction of sp³-hybridized carbons (Fsp3) is 0.765. The highest BCUT2D eigenvalue weighted by atomic mass is 16.5. The van der Waals surface area contributed by atoms with Crippen molar-refractivity contribution in [1.82, 2.24) is 0 Å². The summed E-state index contributed by atoms with van der Waals surface area (Å²) in [7, 11) is 0. The first-order valence-corrected chi connectivity index (χ1v) is 8.11. The van der Waals surface area contributed by atoms with E-state index in [4.69, 9.17) is 9.47 Å². The molecule has 0 unspecified atom stereocenters. The molecule has 0 aromatic heterocycles. The molecule has 0 rings (SSSR count). The molecule has 0 atom stereocenters. The number of carbonyl (C=O) groups excluding carboxylic acids is 2. The number of unbranched alkanes of at least 4 members (excludes halogenated alkanes) is 7. The number of ether oxygens (including phenoxy) is 2. The van der Waals surface area contributed by atoms with Crippen molar-refractivity contribution in [1.29, 1.82) is 0 Å². The predicted octanol–water partition coefficient (Wildman–Crippen LogP) is 4.18. The highest BCUT2D eigenvalue weighted by Crippen LogP contribution is 2.08. The van der Waals surface area contributed by atoms with Crippen molar-refractivity contribution in [3.05, 3.63) is 12.2 Å². The quantitative estimate of drug-likeness (QED) is 0.308. The van der Waals surface area contributed by atoms with Crippen LogP contribution in [0.4, 0.5) is 0 Å². The summed E-state index contributed by atoms with van der Waals surface area (Å²) < 4.78 is 9.87. The Morgan fingerprint density at radius 1 is 0.857 bits per heavy atom. The van der Waals surface area contributed by atoms with Gasteiger partial charge in [-0.05, 0) is 20.3 Å². The van der Waals surface area contributed by atoms with Gasteiger partial charge in [-0.2, -0.15) is 0 Å². The summed E-state index contributed by atoms with van der Waals surface area (Å²) in [5.74, 6) is -1.01. The third-order valence-corrected chi connectivity index (χ3v) is 2.95. The largest absolute Gasteiger partial charge is 0.463 e. The molecule has 21 heavy (non-hydrogen) atoms. The van der Waals surface area contributed by atoms with Crippen LogP contribution >= 0.6 is 0 Å². The zero-order valence-electron chi connectivity index (χ0n) is 13.7. The maximum atomic E-state index is 11.3. The molecular formula is C17H30O4. The second-order valence-electron chi connectivity index (χ2n) is 5.46. The van der Waals surface area contributed by atoms with Crippen LogP contribution in [0, 0.1) is 0 Å². The predicted molar refractivity (Wildman–Crippen MR) is 83.9 cm³/mol. The summed E-state index contributed by atoms with van der Waals surface area (Å²) >= 11 is 0. The molecule has 4 nitrogen and oxygen atoms in total. The van der Waals surface area contributed by atoms with Gasteiger partial charge in [0.15, 0.2) is 0 Å². The number of carbonyl (C=O) groups is 2. The second kappa shape index (κ2) is 13.7. The Balaban J connectivity index is 3.45. The van der Waals surface area contributed by atoms with E-state index >= 15 is 0 Å². The Kier molecular flexibility index (Phi) is 12.8. The molecule has 0 fully saturated rings. The van der Waals surface area contributed by atoms with Crippen molar-refractivity contribution in [3.63, 3.8) is 0 Å². The van der Waals surface area contributed by atoms with E-state index < -0.39 is 11.9 Å². The van der Waals surface area contributed by atoms with Gasteiger partial charge in [0.1, 0.15) is 0 Å². The molecule has 0 aliphatic carbocycles. The minimum absolute atomic E-state index is 0.185. The molecule has 0 saturated carbocycles. The van der Waals surface area contributed by atoms with Gasteiger partial charge >= 0.3 is 11.9 Å². The maximum absolute atomic E-state index is 11.3. The van der Waals surface area contributed by atoms with Gasteiger partial charge in [0.25, 0.3) is 0 Å². The number of hydrogen-bond donors (Lipinski definition) is 0. The van der Waals surface area contributed by atoms with Gasteiger partial charge < -0.3 is 9.47 Å². The third-order valence-electron chi connectivity index (χ3n) is 2.95. The lowest BCUT2D eigenvalue weighted by atomic mass is 10.1. The highest BCUT2D eigenvalue weighted by molar-refractivity contribution is 5.91. The summed E-state index contributed by atoms with van der Waals surface area (Å²) in [5.41, 5.74) is 0. The van der Waals surface area contributed by atoms with Crippen LogP contribution in [0.1, 0.15) is 72.1 Å². The molecular weight excluding hydrogens is 268 g/mol. The SMILES string of the molecule is CCCCCCCCCCOC(=O)/C=C\C(=O)OC(C)C. The first kappa shape index (κ1) is 19.7. The van der Waals surface area contributed by atoms with Crippen molar-refractivity contribution in [2.24, 2.45) is 0 Å². The maximum Gasteiger partial charge on any atom is 0.331 e. The fourth-order valence-corrected chi connectivity index (χ4v) is 1.86. The molecule has 0 spiro atoms. The van der Waals surface area contributed by atoms with E-state index in [-0.39, 0.29) is 6.10 Å². The monoisotopic (exact) mass is 298 g/mol. The molecule has 0 saturated heterocycles. The molecule has 0 aliphatic rings. The molecule has 0 aliphatic heterocycles. The van der Waals surface area contributed by atoms with Crippen LogP contribution in [0.5, 0.6) is 0 Å². The lowest BCUT2D eigenvalue weighted by Crippen LogP contribution is -2.09. The van der Waals surface area contributed by atoms with Crippen LogP contribution in [-0.4, -0.2) is 24.6 Å². The zero-order chi connectivity index (χ0) is 15.9. The molecule has 122 valence electrons. The van der Waals surface area contributed by atoms with Crippen LogP contribution < -0.4 is 0 Å². The van der Waals surface area contributed by atoms with E-state index in [2.05, 4.69) is 6.92 Å². The molecule has 0 aromatic carbocycles. The highest BCUT2D eigenvalue weighted by Gasteiger charge is 2.02. The topological polar surface area (TPSA) is 52.6 Å². The van der Waals surface area contributed by atoms with Crippen molar-refractivity contribution in [3.8, 4) is 0 Å². The van der Waals surface area contributed by atoms with Gasteiger partial charge in [-0.15, -0.1) is 0 Å². The van der Waals surface area contributed by atoms with Crippen molar-refractivity contribution in [2.45, 2.75) is 78.2 Å². The molecule has 0 N–H and O–H groups in total. The molecule has 0 heterocycles. The summed E-state index contributed by atoms with van der Waals surface area (Å²) in [6.45, 7) is 6.14. The van der Waals surface area contributed by atoms with Crippen LogP contribution in [0.25, 0.3) is 0 Å². The van der Waals surface area contributed by atoms with Crippen LogP contribution in [0.15, 0.2) is 12.2 Å². The smallest absolute Gasteiger partial charge is 0.331 e. The fourth-order valence-electron chi connectivity index (χ4n) is 1.86. The first-order valence-electron chi connectivity index (χ1n) is 8.11. The van der Waals surface area contributed by atoms with E-state index in [9.17, 15) is 9.59 Å². The van der Waals surface area contributed by atoms with Gasteiger partial charge in [0, 0.05) is 12.2 Å². The van der Waals surface area contributed by atoms with E-state index in [0.717, 1.165) is 25.0 Å². The molecule has 0 aromatic rings. The average Bonchev–Trinajstić information content (AvgIpc) is 2.42. The van der Waals surface area contributed by atoms with E-state index in [0.29, 0.717) is 6.61 Å². The minimum atomic E-state index is -0.519. The van der Waals surface area contributed by atoms with E-state index in [1.807, 2.05) is 0 Å². The summed E-state index contributed by atoms with van der Waals surface area (Å²) in [4.78, 5) is 22.5. The van der Waals surface area contributed by atoms with E-state index in [1.54, 1.807) is 13.8 Å². The second-order valence-corrected chi connectivity index (χ2v) is 5.46. The zero-order valence-corrected chi connectivity index (χ0v) is 13.7. The molecule has 0 radical (unpaired) electrons. The Morgan fingerprint density at radius 2 is 1.38 bits per heavy atom. The Bertz CT molecular complexity index is 308. The van der Waals surface area contributed by atoms with Gasteiger partial charge in [0.2, 0.25) is 0 Å². The summed E-state index contributed by atoms with van der Waals surface area (Å²) in [6, 6.07) is 0. The van der Waals surface area contributed by atoms with E-state index in [1.165, 1.54) is 38.5 Å². The summed E-state index contributed by atoms with van der Waals surface area (Å²) in [6.07, 6.45) is 11.7. The van der Waals surface area contributed by atoms with Crippen LogP contribution in [0.2, 0.25) is 0 Å². The van der Waals surface area contributed by atoms with Crippen molar-refractivity contribution < 1.29 is 19.1 Å². The van der Waals surface area contributed by atoms with Gasteiger partial charge in [-0.25, -0.2) is 9.59 Å². The lowest BCUT2D eigenvalue weighted by molar-refractivity contribution is -0.142. The normalized spacial score (nSPS) is 11.0. The van der Waals surface area contributed by atoms with Gasteiger partial charge in [0.05, 0.1) is 12.7 Å². The molecule has 0 bridgehead atoms. The van der Waals surface area contributed by atoms with Gasteiger partial charge in [-0.1, -0.05) is 51.9 Å². The lowest BCUT2D eigenvalue weighted by Gasteiger charge is -2.04. The Morgan fingerprint density at radius 3 is 1.95 bits per heavy atom. The Hall–Kier alpha value is -1.32. The molecule has 0 amide bonds. The number of rotatable bonds is 12. The van der Waals surface area contributed by atoms with Crippen molar-refractivity contribution >= 4 is 11.9 Å². The first-order chi connectivity index (χ1) is 10.1. The standard InChI is InChI=1S/C17H30O4/c1-4-5-6-7-8-9-10-11-14-20-16(18)12-13-17(19)21-15(2)3/h12-13,15H,4-11,14H2,1-3H3/b13-12-. The summed E-state index contributed by atoms with van der Waals surface area (Å²) in [5, 5.41) is 0. The van der Waals surface area contributed by atoms with Crippen LogP contribution in [-0.2, 0) is 19.1 Å². The van der Waals surface area contributed by atoms with Crippen molar-refractivity contribution in [2.75, 3.05) is 6.61 Å². The van der Waals surface area contributed by atoms with Gasteiger partial charge in [-0.3, -0.25) is 0 Å².